The second-order valence-corrected chi connectivity index (χ2v) is 9.73. The lowest BCUT2D eigenvalue weighted by Gasteiger charge is -2.27. The molecule has 0 radical (unpaired) electrons. The summed E-state index contributed by atoms with van der Waals surface area (Å²) >= 11 is 0. The van der Waals surface area contributed by atoms with E-state index in [0.717, 1.165) is 19.3 Å². The minimum absolute atomic E-state index is 0.0338. The van der Waals surface area contributed by atoms with Crippen LogP contribution in [-0.4, -0.2) is 50.2 Å². The summed E-state index contributed by atoms with van der Waals surface area (Å²) in [4.78, 5) is 24.0. The number of nitrogens with one attached hydrogen (secondary N) is 2. The van der Waals surface area contributed by atoms with E-state index in [0.29, 0.717) is 31.4 Å². The number of sulfonamides is 1. The Labute approximate surface area is 176 Å². The molecule has 1 saturated heterocycles. The highest BCUT2D eigenvalue weighted by atomic mass is 32.2. The standard InChI is InChI=1S/C20H28FN3O5S/c1-14(15-8-9-17(21)18(12-15)29-16-6-5-7-16)23-30(27,28)11-4-2-3-10-24-13-19(25)22-20(24)26/h8-9,12,14,16,23H,2-7,10-11,13H2,1H3,(H,22,25,26)/t14-/m1/s1. The van der Waals surface area contributed by atoms with E-state index in [4.69, 9.17) is 4.74 Å². The molecule has 1 heterocycles. The summed E-state index contributed by atoms with van der Waals surface area (Å²) < 4.78 is 47.0. The number of urea groups is 1. The highest BCUT2D eigenvalue weighted by molar-refractivity contribution is 7.89. The number of rotatable bonds is 11. The highest BCUT2D eigenvalue weighted by Crippen LogP contribution is 2.29. The van der Waals surface area contributed by atoms with Gasteiger partial charge in [0.15, 0.2) is 11.6 Å². The lowest BCUT2D eigenvalue weighted by molar-refractivity contribution is -0.118. The van der Waals surface area contributed by atoms with Crippen molar-refractivity contribution in [3.05, 3.63) is 29.6 Å². The van der Waals surface area contributed by atoms with Gasteiger partial charge >= 0.3 is 6.03 Å². The number of imide groups is 1. The average Bonchev–Trinajstić information content (AvgIpc) is 2.95. The molecule has 2 N–H and O–H groups in total. The van der Waals surface area contributed by atoms with Gasteiger partial charge in [0.2, 0.25) is 15.9 Å². The van der Waals surface area contributed by atoms with Crippen molar-refractivity contribution < 1.29 is 27.1 Å². The molecular weight excluding hydrogens is 413 g/mol. The number of unbranched alkanes of at least 4 members (excludes halogenated alkanes) is 2. The van der Waals surface area contributed by atoms with Crippen LogP contribution < -0.4 is 14.8 Å². The van der Waals surface area contributed by atoms with Crippen LogP contribution in [0.4, 0.5) is 9.18 Å². The molecule has 0 spiro atoms. The SMILES string of the molecule is C[C@@H](NS(=O)(=O)CCCCCN1CC(=O)NC1=O)c1ccc(F)c(OC2CCC2)c1. The summed E-state index contributed by atoms with van der Waals surface area (Å²) in [6.07, 6.45) is 4.59. The Morgan fingerprint density at radius 3 is 2.67 bits per heavy atom. The second-order valence-electron chi connectivity index (χ2n) is 7.85. The molecule has 10 heteroatoms. The quantitative estimate of drug-likeness (QED) is 0.405. The van der Waals surface area contributed by atoms with Crippen LogP contribution in [-0.2, 0) is 14.8 Å². The van der Waals surface area contributed by atoms with Crippen molar-refractivity contribution in [3.63, 3.8) is 0 Å². The Morgan fingerprint density at radius 2 is 2.03 bits per heavy atom. The van der Waals surface area contributed by atoms with Gasteiger partial charge in [-0.2, -0.15) is 0 Å². The van der Waals surface area contributed by atoms with Crippen LogP contribution in [0.5, 0.6) is 5.75 Å². The third-order valence-corrected chi connectivity index (χ3v) is 6.91. The Balaban J connectivity index is 1.43. The van der Waals surface area contributed by atoms with Crippen molar-refractivity contribution in [1.29, 1.82) is 0 Å². The summed E-state index contributed by atoms with van der Waals surface area (Å²) in [7, 11) is -3.52. The first-order valence-electron chi connectivity index (χ1n) is 10.3. The fourth-order valence-corrected chi connectivity index (χ4v) is 4.76. The molecule has 166 valence electrons. The van der Waals surface area contributed by atoms with E-state index in [1.165, 1.54) is 11.0 Å². The zero-order chi connectivity index (χ0) is 21.7. The molecule has 1 saturated carbocycles. The molecule has 1 aromatic carbocycles. The Hall–Kier alpha value is -2.20. The Kier molecular flexibility index (Phi) is 7.30. The first-order valence-corrected chi connectivity index (χ1v) is 11.9. The molecule has 1 aromatic rings. The number of nitrogens with zero attached hydrogens (tertiary/aromatic N) is 1. The summed E-state index contributed by atoms with van der Waals surface area (Å²) in [5, 5.41) is 2.20. The van der Waals surface area contributed by atoms with E-state index in [2.05, 4.69) is 10.0 Å². The zero-order valence-corrected chi connectivity index (χ0v) is 17.8. The van der Waals surface area contributed by atoms with Crippen molar-refractivity contribution >= 4 is 22.0 Å². The van der Waals surface area contributed by atoms with Crippen molar-refractivity contribution in [2.24, 2.45) is 0 Å². The molecule has 1 aliphatic heterocycles. The molecule has 8 nitrogen and oxygen atoms in total. The number of amides is 3. The number of hydrogen-bond donors (Lipinski definition) is 2. The maximum atomic E-state index is 14.0. The molecule has 3 amide bonds. The molecule has 3 rings (SSSR count). The number of ether oxygens (including phenoxy) is 1. The van der Waals surface area contributed by atoms with Crippen LogP contribution in [0.15, 0.2) is 18.2 Å². The van der Waals surface area contributed by atoms with Crippen molar-refractivity contribution in [3.8, 4) is 5.75 Å². The monoisotopic (exact) mass is 441 g/mol. The van der Waals surface area contributed by atoms with E-state index < -0.39 is 27.9 Å². The van der Waals surface area contributed by atoms with Crippen molar-refractivity contribution in [1.82, 2.24) is 14.9 Å². The first-order chi connectivity index (χ1) is 14.2. The van der Waals surface area contributed by atoms with Gasteiger partial charge in [-0.3, -0.25) is 10.1 Å². The van der Waals surface area contributed by atoms with E-state index in [-0.39, 0.29) is 30.1 Å². The minimum Gasteiger partial charge on any atom is -0.487 e. The van der Waals surface area contributed by atoms with Crippen LogP contribution in [0.2, 0.25) is 0 Å². The van der Waals surface area contributed by atoms with Gasteiger partial charge in [0.1, 0.15) is 6.54 Å². The molecule has 0 bridgehead atoms. The molecule has 1 aliphatic carbocycles. The molecule has 2 aliphatic rings. The summed E-state index contributed by atoms with van der Waals surface area (Å²) in [5.41, 5.74) is 0.638. The Morgan fingerprint density at radius 1 is 1.27 bits per heavy atom. The lowest BCUT2D eigenvalue weighted by Crippen LogP contribution is -2.30. The number of hydrogen-bond acceptors (Lipinski definition) is 5. The predicted octanol–water partition coefficient (Wildman–Crippen LogP) is 2.46. The van der Waals surface area contributed by atoms with Crippen LogP contribution in [0.3, 0.4) is 0 Å². The fraction of sp³-hybridized carbons (Fsp3) is 0.600. The van der Waals surface area contributed by atoms with Crippen LogP contribution >= 0.6 is 0 Å². The minimum atomic E-state index is -3.52. The van der Waals surface area contributed by atoms with E-state index in [1.54, 1.807) is 19.1 Å². The summed E-state index contributed by atoms with van der Waals surface area (Å²) in [5.74, 6) is -0.653. The van der Waals surface area contributed by atoms with Gasteiger partial charge in [0, 0.05) is 12.6 Å². The smallest absolute Gasteiger partial charge is 0.324 e. The Bertz CT molecular complexity index is 888. The van der Waals surface area contributed by atoms with Gasteiger partial charge in [-0.15, -0.1) is 0 Å². The number of halogens is 1. The van der Waals surface area contributed by atoms with Crippen molar-refractivity contribution in [2.75, 3.05) is 18.8 Å². The molecule has 1 atom stereocenters. The van der Waals surface area contributed by atoms with Gasteiger partial charge in [0.05, 0.1) is 11.9 Å². The fourth-order valence-electron chi connectivity index (χ4n) is 3.38. The molecule has 0 unspecified atom stereocenters. The van der Waals surface area contributed by atoms with Gasteiger partial charge in [-0.05, 0) is 56.7 Å². The van der Waals surface area contributed by atoms with Gasteiger partial charge < -0.3 is 9.64 Å². The predicted molar refractivity (Wildman–Crippen MR) is 109 cm³/mol. The zero-order valence-electron chi connectivity index (χ0n) is 17.0. The van der Waals surface area contributed by atoms with Crippen LogP contribution in [0, 0.1) is 5.82 Å². The topological polar surface area (TPSA) is 105 Å². The number of carbonyl (C=O) groups excluding carboxylic acids is 2. The largest absolute Gasteiger partial charge is 0.487 e. The van der Waals surface area contributed by atoms with Gasteiger partial charge in [-0.25, -0.2) is 22.3 Å². The van der Waals surface area contributed by atoms with Gasteiger partial charge in [0.25, 0.3) is 0 Å². The third-order valence-electron chi connectivity index (χ3n) is 5.37. The number of carbonyl (C=O) groups is 2. The second kappa shape index (κ2) is 9.74. The maximum absolute atomic E-state index is 14.0. The third kappa shape index (κ3) is 6.15. The highest BCUT2D eigenvalue weighted by Gasteiger charge is 2.26. The normalized spacial score (nSPS) is 18.3. The lowest BCUT2D eigenvalue weighted by atomic mass is 9.96. The van der Waals surface area contributed by atoms with E-state index in [9.17, 15) is 22.4 Å². The van der Waals surface area contributed by atoms with Crippen LogP contribution in [0.1, 0.15) is 57.1 Å². The summed E-state index contributed by atoms with van der Waals surface area (Å²) in [6.45, 7) is 2.18. The maximum Gasteiger partial charge on any atom is 0.324 e. The molecule has 0 aromatic heterocycles. The van der Waals surface area contributed by atoms with Crippen molar-refractivity contribution in [2.45, 2.75) is 57.6 Å². The molecule has 2 fully saturated rings. The molecule has 30 heavy (non-hydrogen) atoms. The average molecular weight is 442 g/mol. The summed E-state index contributed by atoms with van der Waals surface area (Å²) in [6, 6.07) is 3.50. The van der Waals surface area contributed by atoms with Crippen LogP contribution in [0.25, 0.3) is 0 Å². The molecular formula is C20H28FN3O5S. The number of benzene rings is 1. The van der Waals surface area contributed by atoms with E-state index >= 15 is 0 Å². The first kappa shape index (κ1) is 22.5. The van der Waals surface area contributed by atoms with E-state index in [1.807, 2.05) is 0 Å². The van der Waals surface area contributed by atoms with Gasteiger partial charge in [-0.1, -0.05) is 12.5 Å².